The van der Waals surface area contributed by atoms with Crippen molar-refractivity contribution < 1.29 is 59.4 Å². The molecular weight excluding hydrogens is 153 g/mol. The van der Waals surface area contributed by atoms with Gasteiger partial charge in [0.15, 0.2) is 0 Å². The maximum absolute atomic E-state index is 8.47. The van der Waals surface area contributed by atoms with Gasteiger partial charge in [-0.1, -0.05) is 0 Å². The van der Waals surface area contributed by atoms with Crippen molar-refractivity contribution in [2.24, 2.45) is 0 Å². The van der Waals surface area contributed by atoms with E-state index in [9.17, 15) is 0 Å². The molecule has 0 aliphatic rings. The summed E-state index contributed by atoms with van der Waals surface area (Å²) in [5, 5.41) is 0. The first-order valence-electron chi connectivity index (χ1n) is 0.623. The van der Waals surface area contributed by atoms with Crippen molar-refractivity contribution in [1.82, 2.24) is 0 Å². The number of rotatable bonds is 0. The SMILES string of the molecule is OP.[H-].[Na+].[O]=[V]=[O]. The average molecular weight is 157 g/mol. The normalized spacial score (nSPS) is 2.33. The van der Waals surface area contributed by atoms with E-state index >= 15 is 0 Å². The van der Waals surface area contributed by atoms with Crippen molar-refractivity contribution in [2.45, 2.75) is 0 Å². The van der Waals surface area contributed by atoms with Crippen LogP contribution in [0, 0.1) is 0 Å². The first kappa shape index (κ1) is 15.6. The fourth-order valence-electron chi connectivity index (χ4n) is 0. The van der Waals surface area contributed by atoms with Gasteiger partial charge in [-0.05, 0) is 9.47 Å². The van der Waals surface area contributed by atoms with Crippen LogP contribution in [-0.4, -0.2) is 4.89 Å². The van der Waals surface area contributed by atoms with Gasteiger partial charge in [-0.3, -0.25) is 0 Å². The molecule has 0 aliphatic carbocycles. The molecule has 1 N–H and O–H groups in total. The Morgan fingerprint density at radius 1 is 1.50 bits per heavy atom. The van der Waals surface area contributed by atoms with E-state index < -0.39 is 16.2 Å². The minimum atomic E-state index is -1.81. The van der Waals surface area contributed by atoms with Crippen LogP contribution in [0.1, 0.15) is 1.43 Å². The predicted octanol–water partition coefficient (Wildman–Crippen LogP) is -3.35. The van der Waals surface area contributed by atoms with Gasteiger partial charge in [-0.25, -0.2) is 0 Å². The Balaban J connectivity index is -0.0000000105. The van der Waals surface area contributed by atoms with E-state index in [4.69, 9.17) is 12.2 Å². The molecule has 0 aromatic rings. The molecule has 0 saturated heterocycles. The van der Waals surface area contributed by atoms with Crippen LogP contribution >= 0.6 is 9.47 Å². The van der Waals surface area contributed by atoms with Crippen LogP contribution < -0.4 is 29.6 Å². The van der Waals surface area contributed by atoms with E-state index in [0.717, 1.165) is 0 Å². The van der Waals surface area contributed by atoms with Gasteiger partial charge in [0.1, 0.15) is 0 Å². The average Bonchev–Trinajstić information content (AvgIpc) is 1.46. The van der Waals surface area contributed by atoms with Crippen molar-refractivity contribution in [1.29, 1.82) is 0 Å². The Labute approximate surface area is 68.5 Å². The second-order valence-corrected chi connectivity index (χ2v) is 0.307. The first-order valence-corrected chi connectivity index (χ1v) is 2.28. The molecule has 0 fully saturated rings. The number of hydrogen-bond acceptors (Lipinski definition) is 3. The van der Waals surface area contributed by atoms with E-state index in [1.165, 1.54) is 9.47 Å². The second-order valence-electron chi connectivity index (χ2n) is 0.0745. The van der Waals surface area contributed by atoms with Gasteiger partial charge in [0, 0.05) is 0 Å². The van der Waals surface area contributed by atoms with E-state index in [-0.39, 0.29) is 31.0 Å². The zero-order valence-corrected chi connectivity index (χ0v) is 7.84. The Hall–Kier alpha value is 1.57. The molecule has 0 saturated carbocycles. The molecule has 0 heterocycles. The molecule has 6 heteroatoms. The number of hydrogen-bond donors (Lipinski definition) is 1. The fraction of sp³-hybridized carbons (Fsp3) is 0. The van der Waals surface area contributed by atoms with Crippen LogP contribution in [0.15, 0.2) is 0 Å². The molecule has 0 bridgehead atoms. The van der Waals surface area contributed by atoms with Gasteiger partial charge in [0.25, 0.3) is 0 Å². The summed E-state index contributed by atoms with van der Waals surface area (Å²) in [6.07, 6.45) is 0. The van der Waals surface area contributed by atoms with Crippen molar-refractivity contribution in [3.8, 4) is 0 Å². The van der Waals surface area contributed by atoms with E-state index in [0.29, 0.717) is 0 Å². The summed E-state index contributed by atoms with van der Waals surface area (Å²) in [6.45, 7) is 0. The Kier molecular flexibility index (Phi) is 80.4. The maximum atomic E-state index is 8.47. The monoisotopic (exact) mass is 157 g/mol. The summed E-state index contributed by atoms with van der Waals surface area (Å²) in [5.41, 5.74) is 0. The molecule has 0 spiro atoms. The molecule has 3 nitrogen and oxygen atoms in total. The molecular formula is H4NaO3PV. The van der Waals surface area contributed by atoms with Crippen LogP contribution in [0.3, 0.4) is 0 Å². The first-order chi connectivity index (χ1) is 2.41. The van der Waals surface area contributed by atoms with Gasteiger partial charge < -0.3 is 6.32 Å². The summed E-state index contributed by atoms with van der Waals surface area (Å²) in [6, 6.07) is 0. The summed E-state index contributed by atoms with van der Waals surface area (Å²) in [4.78, 5) is 6.92. The molecule has 0 rings (SSSR count). The van der Waals surface area contributed by atoms with Crippen molar-refractivity contribution in [3.63, 3.8) is 0 Å². The van der Waals surface area contributed by atoms with Crippen LogP contribution in [0.4, 0.5) is 0 Å². The molecule has 0 aliphatic heterocycles. The van der Waals surface area contributed by atoms with Gasteiger partial charge in [-0.2, -0.15) is 0 Å². The van der Waals surface area contributed by atoms with Gasteiger partial charge >= 0.3 is 53.1 Å². The van der Waals surface area contributed by atoms with E-state index in [1.807, 2.05) is 0 Å². The summed E-state index contributed by atoms with van der Waals surface area (Å²) in [5.74, 6) is 0. The Morgan fingerprint density at radius 2 is 1.50 bits per heavy atom. The topological polar surface area (TPSA) is 54.4 Å². The third-order valence-corrected chi connectivity index (χ3v) is 0. The zero-order chi connectivity index (χ0) is 4.71. The summed E-state index contributed by atoms with van der Waals surface area (Å²) in [7, 11) is 1.42. The molecule has 0 amide bonds. The third-order valence-electron chi connectivity index (χ3n) is 0. The minimum absolute atomic E-state index is 0. The summed E-state index contributed by atoms with van der Waals surface area (Å²) < 4.78 is 16.9. The molecule has 0 aromatic carbocycles. The van der Waals surface area contributed by atoms with Crippen LogP contribution in [-0.2, 0) is 23.5 Å². The van der Waals surface area contributed by atoms with E-state index in [2.05, 4.69) is 0 Å². The predicted molar refractivity (Wildman–Crippen MR) is 14.4 cm³/mol. The zero-order valence-electron chi connectivity index (χ0n) is 4.29. The molecule has 0 radical (unpaired) electrons. The molecule has 0 aromatic heterocycles. The van der Waals surface area contributed by atoms with Crippen molar-refractivity contribution in [3.05, 3.63) is 0 Å². The molecule has 33 valence electrons. The second kappa shape index (κ2) is 30.8. The van der Waals surface area contributed by atoms with Gasteiger partial charge in [-0.15, -0.1) is 0 Å². The van der Waals surface area contributed by atoms with Crippen molar-refractivity contribution in [2.75, 3.05) is 0 Å². The van der Waals surface area contributed by atoms with Crippen LogP contribution in [0.2, 0.25) is 0 Å². The van der Waals surface area contributed by atoms with Gasteiger partial charge in [0.2, 0.25) is 0 Å². The Bertz CT molecular complexity index is 35.9. The molecule has 6 heavy (non-hydrogen) atoms. The van der Waals surface area contributed by atoms with Crippen molar-refractivity contribution >= 4 is 9.47 Å². The standard InChI is InChI=1S/Na.H3OP.2O.V.H/c;1-2;;;;/h;1H,2H2;;;;/q+1;;;;;-1. The van der Waals surface area contributed by atoms with Crippen LogP contribution in [0.5, 0.6) is 0 Å². The molecule has 1 unspecified atom stereocenters. The third kappa shape index (κ3) is 47.1. The fourth-order valence-corrected chi connectivity index (χ4v) is 0. The Morgan fingerprint density at radius 3 is 1.50 bits per heavy atom. The summed E-state index contributed by atoms with van der Waals surface area (Å²) >= 11 is -1.81. The quantitative estimate of drug-likeness (QED) is 0.295. The van der Waals surface area contributed by atoms with E-state index in [1.54, 1.807) is 0 Å². The van der Waals surface area contributed by atoms with Crippen LogP contribution in [0.25, 0.3) is 0 Å². The van der Waals surface area contributed by atoms with Gasteiger partial charge in [0.05, 0.1) is 0 Å². The molecule has 1 atom stereocenters.